The number of nitro benzene ring substituents is 1. The van der Waals surface area contributed by atoms with Crippen LogP contribution in [0.4, 0.5) is 16.4 Å². The van der Waals surface area contributed by atoms with Crippen LogP contribution in [0, 0.1) is 10.1 Å². The first-order chi connectivity index (χ1) is 21.3. The average molecular weight is 630 g/mol. The van der Waals surface area contributed by atoms with E-state index in [4.69, 9.17) is 4.74 Å². The number of esters is 1. The van der Waals surface area contributed by atoms with Crippen molar-refractivity contribution >= 4 is 57.3 Å². The Labute approximate surface area is 263 Å². The van der Waals surface area contributed by atoms with E-state index in [1.54, 1.807) is 18.2 Å². The van der Waals surface area contributed by atoms with E-state index in [1.807, 2.05) is 36.4 Å². The lowest BCUT2D eigenvalue weighted by molar-refractivity contribution is -0.384. The number of aryl methyl sites for hydroxylation is 1. The molecule has 0 fully saturated rings. The van der Waals surface area contributed by atoms with E-state index >= 15 is 0 Å². The topological polar surface area (TPSA) is 128 Å². The van der Waals surface area contributed by atoms with Crippen LogP contribution < -0.4 is 10.6 Å². The number of thiophene rings is 1. The van der Waals surface area contributed by atoms with Gasteiger partial charge in [0.05, 0.1) is 17.6 Å². The Bertz CT molecular complexity index is 1670. The van der Waals surface area contributed by atoms with Crippen molar-refractivity contribution in [3.05, 3.63) is 116 Å². The number of thioether (sulfide) groups is 1. The summed E-state index contributed by atoms with van der Waals surface area (Å²) in [6, 6.07) is 21.9. The molecule has 1 aliphatic rings. The van der Waals surface area contributed by atoms with E-state index in [0.717, 1.165) is 59.4 Å². The van der Waals surface area contributed by atoms with Crippen LogP contribution >= 0.6 is 23.1 Å². The van der Waals surface area contributed by atoms with Gasteiger partial charge in [-0.3, -0.25) is 19.7 Å². The first-order valence-corrected chi connectivity index (χ1v) is 15.9. The van der Waals surface area contributed by atoms with Crippen molar-refractivity contribution in [2.75, 3.05) is 17.7 Å². The lowest BCUT2D eigenvalue weighted by atomic mass is 9.96. The van der Waals surface area contributed by atoms with E-state index in [2.05, 4.69) is 10.6 Å². The first kappa shape index (κ1) is 31.0. The number of hydrogen-bond acceptors (Lipinski definition) is 8. The lowest BCUT2D eigenvalue weighted by Gasteiger charge is -2.18. The van der Waals surface area contributed by atoms with Crippen LogP contribution in [0.25, 0.3) is 0 Å². The number of amides is 2. The normalized spacial score (nSPS) is 13.5. The number of methoxy groups -OCH3 is 1. The summed E-state index contributed by atoms with van der Waals surface area (Å²) >= 11 is 2.78. The molecule has 0 aliphatic heterocycles. The molecule has 0 radical (unpaired) electrons. The minimum absolute atomic E-state index is 0.0994. The minimum Gasteiger partial charge on any atom is -0.465 e. The molecular formula is C33H31N3O6S2. The molecule has 44 heavy (non-hydrogen) atoms. The predicted octanol–water partition coefficient (Wildman–Crippen LogP) is 7.83. The maximum Gasteiger partial charge on any atom is 0.341 e. The molecule has 9 nitrogen and oxygen atoms in total. The van der Waals surface area contributed by atoms with Crippen LogP contribution in [-0.2, 0) is 22.4 Å². The lowest BCUT2D eigenvalue weighted by Crippen LogP contribution is -2.20. The second-order valence-corrected chi connectivity index (χ2v) is 12.6. The number of fused-ring (bicyclic) bond motifs is 1. The van der Waals surface area contributed by atoms with Crippen LogP contribution in [0.5, 0.6) is 0 Å². The molecule has 1 unspecified atom stereocenters. The zero-order valence-electron chi connectivity index (χ0n) is 24.0. The summed E-state index contributed by atoms with van der Waals surface area (Å²) in [4.78, 5) is 52.0. The molecule has 3 aromatic carbocycles. The molecule has 11 heteroatoms. The Hall–Kier alpha value is -4.48. The van der Waals surface area contributed by atoms with Crippen molar-refractivity contribution in [1.29, 1.82) is 0 Å². The number of rotatable bonds is 9. The Morgan fingerprint density at radius 2 is 1.64 bits per heavy atom. The van der Waals surface area contributed by atoms with Crippen LogP contribution in [0.1, 0.15) is 67.7 Å². The van der Waals surface area contributed by atoms with Gasteiger partial charge in [0.25, 0.3) is 11.6 Å². The summed E-state index contributed by atoms with van der Waals surface area (Å²) in [5, 5.41) is 16.7. The van der Waals surface area contributed by atoms with Gasteiger partial charge in [0.15, 0.2) is 0 Å². The molecule has 0 saturated heterocycles. The molecule has 1 atom stereocenters. The number of benzene rings is 3. The molecule has 4 aromatic rings. The van der Waals surface area contributed by atoms with Gasteiger partial charge in [0.1, 0.15) is 10.3 Å². The number of carbonyl (C=O) groups excluding carboxylic acids is 3. The maximum absolute atomic E-state index is 14.0. The van der Waals surface area contributed by atoms with Crippen LogP contribution in [0.3, 0.4) is 0 Å². The van der Waals surface area contributed by atoms with Crippen molar-refractivity contribution < 1.29 is 24.0 Å². The minimum atomic E-state index is -0.660. The van der Waals surface area contributed by atoms with Gasteiger partial charge in [-0.15, -0.1) is 23.1 Å². The van der Waals surface area contributed by atoms with E-state index in [-0.39, 0.29) is 17.2 Å². The highest BCUT2D eigenvalue weighted by atomic mass is 32.2. The Kier molecular flexibility index (Phi) is 10.1. The van der Waals surface area contributed by atoms with E-state index < -0.39 is 22.0 Å². The molecule has 0 spiro atoms. The molecule has 1 aliphatic carbocycles. The number of nitro groups is 1. The van der Waals surface area contributed by atoms with Gasteiger partial charge in [-0.05, 0) is 67.1 Å². The second-order valence-electron chi connectivity index (χ2n) is 10.3. The Balaban J connectivity index is 1.39. The summed E-state index contributed by atoms with van der Waals surface area (Å²) in [7, 11) is 1.36. The molecule has 0 saturated carbocycles. The molecule has 1 heterocycles. The van der Waals surface area contributed by atoms with Gasteiger partial charge in [-0.25, -0.2) is 4.79 Å². The van der Waals surface area contributed by atoms with Crippen molar-refractivity contribution in [3.8, 4) is 0 Å². The summed E-state index contributed by atoms with van der Waals surface area (Å²) in [5.41, 5.74) is 2.91. The summed E-state index contributed by atoms with van der Waals surface area (Å²) < 4.78 is 5.14. The fraction of sp³-hybridized carbons (Fsp3) is 0.242. The third-order valence-electron chi connectivity index (χ3n) is 7.32. The Morgan fingerprint density at radius 3 is 2.34 bits per heavy atom. The van der Waals surface area contributed by atoms with Crippen molar-refractivity contribution in [2.45, 2.75) is 48.7 Å². The van der Waals surface area contributed by atoms with Crippen molar-refractivity contribution in [2.24, 2.45) is 0 Å². The molecule has 2 amide bonds. The first-order valence-electron chi connectivity index (χ1n) is 14.2. The van der Waals surface area contributed by atoms with Crippen molar-refractivity contribution in [1.82, 2.24) is 0 Å². The quantitative estimate of drug-likeness (QED) is 0.0836. The standard InChI is InChI=1S/C33H31N3O6S2/c1-42-33(39)28-26-14-7-2-3-8-15-27(26)44-32(28)35-31(38)29(21-10-5-4-6-11-21)43-25-13-9-12-23(20-25)34-30(37)22-16-18-24(19-17-22)36(40)41/h4-6,9-13,16-20,29H,2-3,7-8,14-15H2,1H3,(H,34,37)(H,35,38). The van der Waals surface area contributed by atoms with Crippen LogP contribution in [0.15, 0.2) is 83.8 Å². The second kappa shape index (κ2) is 14.3. The number of carbonyl (C=O) groups is 3. The third-order valence-corrected chi connectivity index (χ3v) is 9.78. The van der Waals surface area contributed by atoms with Crippen molar-refractivity contribution in [3.63, 3.8) is 0 Å². The number of nitrogens with zero attached hydrogens (tertiary/aromatic N) is 1. The highest BCUT2D eigenvalue weighted by Crippen LogP contribution is 2.41. The van der Waals surface area contributed by atoms with E-state index in [0.29, 0.717) is 16.3 Å². The predicted molar refractivity (Wildman–Crippen MR) is 173 cm³/mol. The molecular weight excluding hydrogens is 599 g/mol. The van der Waals surface area contributed by atoms with Gasteiger partial charge < -0.3 is 15.4 Å². The van der Waals surface area contributed by atoms with Gasteiger partial charge >= 0.3 is 5.97 Å². The SMILES string of the molecule is COC(=O)c1c(NC(=O)C(Sc2cccc(NC(=O)c3ccc([N+](=O)[O-])cc3)c2)c2ccccc2)sc2c1CCCCCC2. The largest absolute Gasteiger partial charge is 0.465 e. The highest BCUT2D eigenvalue weighted by Gasteiger charge is 2.29. The Morgan fingerprint density at radius 1 is 0.909 bits per heavy atom. The van der Waals surface area contributed by atoms with Gasteiger partial charge in [0.2, 0.25) is 5.91 Å². The van der Waals surface area contributed by atoms with E-state index in [9.17, 15) is 24.5 Å². The van der Waals surface area contributed by atoms with E-state index in [1.165, 1.54) is 54.5 Å². The number of nitrogens with one attached hydrogen (secondary N) is 2. The zero-order chi connectivity index (χ0) is 31.1. The molecule has 0 bridgehead atoms. The monoisotopic (exact) mass is 629 g/mol. The fourth-order valence-corrected chi connectivity index (χ4v) is 7.49. The van der Waals surface area contributed by atoms with Crippen LogP contribution in [0.2, 0.25) is 0 Å². The third kappa shape index (κ3) is 7.35. The zero-order valence-corrected chi connectivity index (χ0v) is 25.7. The molecule has 1 aromatic heterocycles. The number of ether oxygens (including phenoxy) is 1. The number of non-ortho nitro benzene ring substituents is 1. The molecule has 2 N–H and O–H groups in total. The molecule has 226 valence electrons. The summed E-state index contributed by atoms with van der Waals surface area (Å²) in [6.07, 6.45) is 5.93. The molecule has 5 rings (SSSR count). The number of anilines is 2. The van der Waals surface area contributed by atoms with Gasteiger partial charge in [-0.2, -0.15) is 0 Å². The fourth-order valence-electron chi connectivity index (χ4n) is 5.12. The van der Waals surface area contributed by atoms with Gasteiger partial charge in [-0.1, -0.05) is 49.2 Å². The summed E-state index contributed by atoms with van der Waals surface area (Å²) in [5.74, 6) is -1.14. The number of hydrogen-bond donors (Lipinski definition) is 2. The van der Waals surface area contributed by atoms with Crippen LogP contribution in [-0.4, -0.2) is 29.8 Å². The maximum atomic E-state index is 14.0. The highest BCUT2D eigenvalue weighted by molar-refractivity contribution is 8.00. The summed E-state index contributed by atoms with van der Waals surface area (Å²) in [6.45, 7) is 0. The van der Waals surface area contributed by atoms with Gasteiger partial charge in [0, 0.05) is 33.2 Å². The smallest absolute Gasteiger partial charge is 0.341 e. The average Bonchev–Trinajstić information content (AvgIpc) is 3.35.